The molecule has 0 bridgehead atoms. The van der Waals surface area contributed by atoms with Crippen LogP contribution < -0.4 is 0 Å². The van der Waals surface area contributed by atoms with Crippen molar-refractivity contribution in [3.8, 4) is 50.5 Å². The first kappa shape index (κ1) is 27.0. The summed E-state index contributed by atoms with van der Waals surface area (Å²) in [7, 11) is 0. The van der Waals surface area contributed by atoms with Crippen LogP contribution in [-0.4, -0.2) is 14.5 Å². The fourth-order valence-electron chi connectivity index (χ4n) is 6.77. The van der Waals surface area contributed by atoms with Crippen molar-refractivity contribution in [3.05, 3.63) is 176 Å². The van der Waals surface area contributed by atoms with E-state index in [-0.39, 0.29) is 0 Å². The lowest BCUT2D eigenvalue weighted by atomic mass is 10.00. The van der Waals surface area contributed by atoms with Crippen LogP contribution in [0.1, 0.15) is 0 Å². The molecule has 0 aliphatic heterocycles. The van der Waals surface area contributed by atoms with Crippen molar-refractivity contribution in [2.75, 3.05) is 0 Å². The fourth-order valence-corrected chi connectivity index (χ4v) is 6.77. The molecule has 3 heteroatoms. The third-order valence-electron chi connectivity index (χ3n) is 9.13. The molecular weight excluding hydrogens is 571 g/mol. The Bertz CT molecular complexity index is 2390. The van der Waals surface area contributed by atoms with Crippen LogP contribution in [0.4, 0.5) is 0 Å². The first-order valence-corrected chi connectivity index (χ1v) is 15.9. The minimum absolute atomic E-state index is 0.979. The highest BCUT2D eigenvalue weighted by molar-refractivity contribution is 6.12. The summed E-state index contributed by atoms with van der Waals surface area (Å²) >= 11 is 0. The third-order valence-corrected chi connectivity index (χ3v) is 9.13. The quantitative estimate of drug-likeness (QED) is 0.197. The summed E-state index contributed by atoms with van der Waals surface area (Å²) in [5, 5.41) is 4.92. The first-order chi connectivity index (χ1) is 23.3. The maximum atomic E-state index is 4.53. The van der Waals surface area contributed by atoms with Crippen LogP contribution in [0.5, 0.6) is 0 Å². The van der Waals surface area contributed by atoms with Crippen LogP contribution in [0.25, 0.3) is 83.0 Å². The van der Waals surface area contributed by atoms with Crippen molar-refractivity contribution in [2.24, 2.45) is 0 Å². The van der Waals surface area contributed by atoms with Crippen molar-refractivity contribution in [2.45, 2.75) is 0 Å². The molecule has 0 saturated carbocycles. The number of hydrogen-bond donors (Lipinski definition) is 0. The van der Waals surface area contributed by atoms with Gasteiger partial charge in [0.15, 0.2) is 0 Å². The van der Waals surface area contributed by atoms with E-state index < -0.39 is 0 Å². The van der Waals surface area contributed by atoms with Crippen LogP contribution in [0, 0.1) is 0 Å². The Kier molecular flexibility index (Phi) is 6.46. The average molecular weight is 600 g/mol. The second-order valence-electron chi connectivity index (χ2n) is 11.9. The van der Waals surface area contributed by atoms with E-state index >= 15 is 0 Å². The monoisotopic (exact) mass is 599 g/mol. The maximum Gasteiger partial charge on any atom is 0.0701 e. The molecule has 0 spiro atoms. The topological polar surface area (TPSA) is 30.7 Å². The van der Waals surface area contributed by atoms with Crippen LogP contribution in [-0.2, 0) is 0 Å². The second kappa shape index (κ2) is 11.2. The molecule has 3 aromatic heterocycles. The van der Waals surface area contributed by atoms with E-state index in [9.17, 15) is 0 Å². The molecule has 220 valence electrons. The van der Waals surface area contributed by atoms with Gasteiger partial charge in [-0.1, -0.05) is 121 Å². The molecule has 0 saturated heterocycles. The molecule has 9 aromatic rings. The van der Waals surface area contributed by atoms with Gasteiger partial charge in [-0.25, -0.2) is 0 Å². The summed E-state index contributed by atoms with van der Waals surface area (Å²) in [6.07, 6.45) is 3.68. The van der Waals surface area contributed by atoms with E-state index in [1.165, 1.54) is 60.5 Å². The molecule has 0 amide bonds. The second-order valence-corrected chi connectivity index (χ2v) is 11.9. The zero-order valence-corrected chi connectivity index (χ0v) is 25.6. The van der Waals surface area contributed by atoms with Gasteiger partial charge in [0.1, 0.15) is 0 Å². The van der Waals surface area contributed by atoms with Gasteiger partial charge in [-0.15, -0.1) is 0 Å². The number of nitrogens with zero attached hydrogens (tertiary/aromatic N) is 3. The molecule has 0 N–H and O–H groups in total. The Morgan fingerprint density at radius 3 is 1.34 bits per heavy atom. The van der Waals surface area contributed by atoms with Crippen molar-refractivity contribution in [1.29, 1.82) is 0 Å². The summed E-state index contributed by atoms with van der Waals surface area (Å²) in [5.41, 5.74) is 12.4. The lowest BCUT2D eigenvalue weighted by Gasteiger charge is -2.13. The van der Waals surface area contributed by atoms with Gasteiger partial charge in [0.05, 0.1) is 28.1 Å². The van der Waals surface area contributed by atoms with E-state index in [4.69, 9.17) is 0 Å². The summed E-state index contributed by atoms with van der Waals surface area (Å²) < 4.78 is 2.45. The lowest BCUT2D eigenvalue weighted by Crippen LogP contribution is -1.96. The Morgan fingerprint density at radius 1 is 0.340 bits per heavy atom. The number of fused-ring (bicyclic) bond motifs is 4. The van der Waals surface area contributed by atoms with E-state index in [1.54, 1.807) is 0 Å². The Labute approximate surface area is 273 Å². The molecule has 0 aliphatic rings. The molecule has 6 aromatic carbocycles. The van der Waals surface area contributed by atoms with Gasteiger partial charge in [-0.2, -0.15) is 0 Å². The number of aromatic nitrogens is 3. The normalized spacial score (nSPS) is 11.4. The zero-order valence-electron chi connectivity index (χ0n) is 25.6. The zero-order chi connectivity index (χ0) is 31.2. The molecule has 47 heavy (non-hydrogen) atoms. The van der Waals surface area contributed by atoms with E-state index in [0.29, 0.717) is 0 Å². The van der Waals surface area contributed by atoms with Gasteiger partial charge in [-0.05, 0) is 70.1 Å². The molecule has 0 atom stereocenters. The number of hydrogen-bond acceptors (Lipinski definition) is 2. The van der Waals surface area contributed by atoms with Crippen molar-refractivity contribution >= 4 is 32.6 Å². The van der Waals surface area contributed by atoms with E-state index in [2.05, 4.69) is 142 Å². The highest BCUT2D eigenvalue weighted by atomic mass is 15.0. The van der Waals surface area contributed by atoms with E-state index in [0.717, 1.165) is 22.5 Å². The highest BCUT2D eigenvalue weighted by Gasteiger charge is 2.16. The standard InChI is InChI=1S/C44H29N3/c1-2-10-37-32(8-1)9-7-13-42(37)47-43-28-35(30-14-18-33(19-15-30)40-11-3-5-26-45-40)22-24-38(43)39-25-23-36(29-44(39)47)31-16-20-34(21-17-31)41-12-4-6-27-46-41/h1-29H. The van der Waals surface area contributed by atoms with Gasteiger partial charge < -0.3 is 4.57 Å². The highest BCUT2D eigenvalue weighted by Crippen LogP contribution is 2.39. The van der Waals surface area contributed by atoms with Gasteiger partial charge in [0, 0.05) is 39.7 Å². The lowest BCUT2D eigenvalue weighted by molar-refractivity contribution is 1.20. The fraction of sp³-hybridized carbons (Fsp3) is 0. The summed E-state index contributed by atoms with van der Waals surface area (Å²) in [6.45, 7) is 0. The average Bonchev–Trinajstić information content (AvgIpc) is 3.48. The first-order valence-electron chi connectivity index (χ1n) is 15.9. The predicted octanol–water partition coefficient (Wildman–Crippen LogP) is 11.4. The van der Waals surface area contributed by atoms with Gasteiger partial charge in [0.2, 0.25) is 0 Å². The Hall–Kier alpha value is -6.32. The molecule has 0 unspecified atom stereocenters. The molecule has 9 rings (SSSR count). The van der Waals surface area contributed by atoms with E-state index in [1.807, 2.05) is 48.8 Å². The number of rotatable bonds is 5. The predicted molar refractivity (Wildman–Crippen MR) is 196 cm³/mol. The van der Waals surface area contributed by atoms with Crippen LogP contribution in [0.3, 0.4) is 0 Å². The molecule has 0 aliphatic carbocycles. The van der Waals surface area contributed by atoms with Crippen LogP contribution in [0.15, 0.2) is 176 Å². The van der Waals surface area contributed by atoms with Gasteiger partial charge in [-0.3, -0.25) is 9.97 Å². The molecular formula is C44H29N3. The van der Waals surface area contributed by atoms with Gasteiger partial charge >= 0.3 is 0 Å². The SMILES string of the molecule is c1ccc(-c2ccc(-c3ccc4c5ccc(-c6ccc(-c7ccccn7)cc6)cc5n(-c5cccc6ccccc56)c4c3)cc2)nc1. The minimum Gasteiger partial charge on any atom is -0.309 e. The van der Waals surface area contributed by atoms with Gasteiger partial charge in [0.25, 0.3) is 0 Å². The summed E-state index contributed by atoms with van der Waals surface area (Å²) in [6, 6.07) is 58.5. The number of benzene rings is 6. The number of pyridine rings is 2. The van der Waals surface area contributed by atoms with Crippen LogP contribution in [0.2, 0.25) is 0 Å². The summed E-state index contributed by atoms with van der Waals surface area (Å²) in [4.78, 5) is 9.06. The molecule has 3 nitrogen and oxygen atoms in total. The van der Waals surface area contributed by atoms with Crippen molar-refractivity contribution in [1.82, 2.24) is 14.5 Å². The largest absolute Gasteiger partial charge is 0.309 e. The smallest absolute Gasteiger partial charge is 0.0701 e. The Morgan fingerprint density at radius 2 is 0.809 bits per heavy atom. The Balaban J connectivity index is 1.22. The summed E-state index contributed by atoms with van der Waals surface area (Å²) in [5.74, 6) is 0. The third kappa shape index (κ3) is 4.77. The molecule has 0 fully saturated rings. The van der Waals surface area contributed by atoms with Crippen molar-refractivity contribution in [3.63, 3.8) is 0 Å². The molecule has 0 radical (unpaired) electrons. The van der Waals surface area contributed by atoms with Crippen LogP contribution >= 0.6 is 0 Å². The molecule has 3 heterocycles. The minimum atomic E-state index is 0.979. The maximum absolute atomic E-state index is 4.53. The van der Waals surface area contributed by atoms with Crippen molar-refractivity contribution < 1.29 is 0 Å².